The molecule has 2 aliphatic heterocycles. The van der Waals surface area contributed by atoms with Crippen molar-refractivity contribution < 1.29 is 14.3 Å². The monoisotopic (exact) mass is 370 g/mol. The van der Waals surface area contributed by atoms with Crippen molar-refractivity contribution in [3.8, 4) is 11.5 Å². The molecule has 1 aromatic carbocycles. The minimum atomic E-state index is -0.0417. The smallest absolute Gasteiger partial charge is 0.322 e. The molecule has 0 radical (unpaired) electrons. The Morgan fingerprint density at radius 1 is 1.26 bits per heavy atom. The molecule has 0 aliphatic carbocycles. The van der Waals surface area contributed by atoms with Gasteiger partial charge in [0, 0.05) is 43.3 Å². The van der Waals surface area contributed by atoms with Crippen molar-refractivity contribution >= 4 is 11.7 Å². The number of anilines is 1. The fourth-order valence-electron chi connectivity index (χ4n) is 3.79. The first kappa shape index (κ1) is 17.7. The highest BCUT2D eigenvalue weighted by atomic mass is 16.6. The topological polar surface area (TPSA) is 68.6 Å². The fraction of sp³-hybridized carbons (Fsp3) is 0.500. The van der Waals surface area contributed by atoms with Crippen LogP contribution in [0.15, 0.2) is 30.6 Å². The second-order valence-electron chi connectivity index (χ2n) is 7.14. The summed E-state index contributed by atoms with van der Waals surface area (Å²) in [7, 11) is 0. The predicted octanol–water partition coefficient (Wildman–Crippen LogP) is 3.44. The van der Waals surface area contributed by atoms with Crippen molar-refractivity contribution in [2.24, 2.45) is 0 Å². The minimum Gasteiger partial charge on any atom is -0.486 e. The first-order valence-electron chi connectivity index (χ1n) is 9.66. The number of hydrogen-bond donors (Lipinski definition) is 1. The lowest BCUT2D eigenvalue weighted by Crippen LogP contribution is -2.46. The summed E-state index contributed by atoms with van der Waals surface area (Å²) in [4.78, 5) is 15.0. The van der Waals surface area contributed by atoms with E-state index in [0.29, 0.717) is 19.0 Å². The zero-order chi connectivity index (χ0) is 18.6. The Kier molecular flexibility index (Phi) is 5.18. The van der Waals surface area contributed by atoms with Gasteiger partial charge in [-0.1, -0.05) is 0 Å². The van der Waals surface area contributed by atoms with E-state index in [2.05, 4.69) is 10.4 Å². The van der Waals surface area contributed by atoms with E-state index in [0.717, 1.165) is 55.8 Å². The van der Waals surface area contributed by atoms with E-state index in [1.807, 2.05) is 40.9 Å². The molecule has 0 unspecified atom stereocenters. The third kappa shape index (κ3) is 4.02. The minimum absolute atomic E-state index is 0.0417. The van der Waals surface area contributed by atoms with Gasteiger partial charge < -0.3 is 19.7 Å². The molecule has 4 rings (SSSR count). The van der Waals surface area contributed by atoms with Gasteiger partial charge in [-0.15, -0.1) is 0 Å². The number of carbonyl (C=O) groups excluding carboxylic acids is 1. The molecule has 3 heterocycles. The second-order valence-corrected chi connectivity index (χ2v) is 7.14. The maximum Gasteiger partial charge on any atom is 0.322 e. The van der Waals surface area contributed by atoms with Gasteiger partial charge >= 0.3 is 6.03 Å². The van der Waals surface area contributed by atoms with E-state index in [1.54, 1.807) is 6.20 Å². The third-order valence-corrected chi connectivity index (χ3v) is 5.27. The van der Waals surface area contributed by atoms with E-state index < -0.39 is 0 Å². The van der Waals surface area contributed by atoms with Crippen molar-refractivity contribution in [1.82, 2.24) is 14.7 Å². The standard InChI is InChI=1S/C20H26N4O3/c1-15-13-18-19(27-12-11-26-18)14-17(15)22-20(25)24-9-3-2-5-16(24)6-10-23-8-4-7-21-23/h4,7-8,13-14,16H,2-3,5-6,9-12H2,1H3,(H,22,25)/t16-/m1/s1. The Balaban J connectivity index is 1.44. The number of urea groups is 1. The lowest BCUT2D eigenvalue weighted by atomic mass is 10.00. The molecule has 0 saturated carbocycles. The van der Waals surface area contributed by atoms with Gasteiger partial charge in [-0.25, -0.2) is 4.79 Å². The molecule has 1 atom stereocenters. The first-order chi connectivity index (χ1) is 13.2. The van der Waals surface area contributed by atoms with Crippen LogP contribution in [0, 0.1) is 6.92 Å². The van der Waals surface area contributed by atoms with Crippen molar-refractivity contribution in [2.75, 3.05) is 25.1 Å². The number of piperidine rings is 1. The molecule has 2 amide bonds. The van der Waals surface area contributed by atoms with Gasteiger partial charge in [-0.05, 0) is 50.3 Å². The lowest BCUT2D eigenvalue weighted by Gasteiger charge is -2.36. The van der Waals surface area contributed by atoms with Gasteiger partial charge in [0.2, 0.25) is 0 Å². The average Bonchev–Trinajstić information content (AvgIpc) is 3.21. The Hall–Kier alpha value is -2.70. The summed E-state index contributed by atoms with van der Waals surface area (Å²) >= 11 is 0. The Labute approximate surface area is 159 Å². The molecule has 2 aromatic rings. The van der Waals surface area contributed by atoms with E-state index in [9.17, 15) is 4.79 Å². The Morgan fingerprint density at radius 2 is 2.07 bits per heavy atom. The summed E-state index contributed by atoms with van der Waals surface area (Å²) in [5, 5.41) is 7.34. The molecule has 7 nitrogen and oxygen atoms in total. The third-order valence-electron chi connectivity index (χ3n) is 5.27. The number of aryl methyl sites for hydroxylation is 2. The fourth-order valence-corrected chi connectivity index (χ4v) is 3.79. The molecule has 0 bridgehead atoms. The normalized spacial score (nSPS) is 19.0. The van der Waals surface area contributed by atoms with Gasteiger partial charge in [-0.2, -0.15) is 5.10 Å². The van der Waals surface area contributed by atoms with Gasteiger partial charge in [0.25, 0.3) is 0 Å². The summed E-state index contributed by atoms with van der Waals surface area (Å²) in [6.07, 6.45) is 7.91. The number of nitrogens with zero attached hydrogens (tertiary/aromatic N) is 3. The summed E-state index contributed by atoms with van der Waals surface area (Å²) in [5.74, 6) is 1.43. The highest BCUT2D eigenvalue weighted by Gasteiger charge is 2.27. The van der Waals surface area contributed by atoms with Crippen LogP contribution in [0.5, 0.6) is 11.5 Å². The van der Waals surface area contributed by atoms with Crippen LogP contribution in [-0.4, -0.2) is 46.5 Å². The number of nitrogens with one attached hydrogen (secondary N) is 1. The highest BCUT2D eigenvalue weighted by molar-refractivity contribution is 5.91. The molecule has 2 aliphatic rings. The number of ether oxygens (including phenoxy) is 2. The lowest BCUT2D eigenvalue weighted by molar-refractivity contribution is 0.154. The van der Waals surface area contributed by atoms with Crippen LogP contribution in [0.1, 0.15) is 31.2 Å². The number of carbonyl (C=O) groups is 1. The van der Waals surface area contributed by atoms with Crippen LogP contribution >= 0.6 is 0 Å². The van der Waals surface area contributed by atoms with Crippen LogP contribution in [0.25, 0.3) is 0 Å². The molecule has 27 heavy (non-hydrogen) atoms. The van der Waals surface area contributed by atoms with Gasteiger partial charge in [0.15, 0.2) is 11.5 Å². The zero-order valence-electron chi connectivity index (χ0n) is 15.7. The van der Waals surface area contributed by atoms with Crippen molar-refractivity contribution in [3.63, 3.8) is 0 Å². The molecule has 0 spiro atoms. The average molecular weight is 370 g/mol. The summed E-state index contributed by atoms with van der Waals surface area (Å²) in [5.41, 5.74) is 1.75. The summed E-state index contributed by atoms with van der Waals surface area (Å²) < 4.78 is 13.2. The molecule has 144 valence electrons. The molecule has 1 fully saturated rings. The highest BCUT2D eigenvalue weighted by Crippen LogP contribution is 2.35. The van der Waals surface area contributed by atoms with Crippen molar-refractivity contribution in [3.05, 3.63) is 36.2 Å². The quantitative estimate of drug-likeness (QED) is 0.895. The molecular formula is C20H26N4O3. The maximum absolute atomic E-state index is 13.0. The zero-order valence-corrected chi connectivity index (χ0v) is 15.7. The number of rotatable bonds is 4. The van der Waals surface area contributed by atoms with E-state index in [4.69, 9.17) is 9.47 Å². The number of aromatic nitrogens is 2. The van der Waals surface area contributed by atoms with E-state index in [1.165, 1.54) is 0 Å². The Bertz CT molecular complexity index is 791. The number of benzene rings is 1. The number of fused-ring (bicyclic) bond motifs is 1. The van der Waals surface area contributed by atoms with Crippen LogP contribution in [0.3, 0.4) is 0 Å². The molecule has 1 N–H and O–H groups in total. The Morgan fingerprint density at radius 3 is 2.85 bits per heavy atom. The van der Waals surface area contributed by atoms with Crippen LogP contribution in [0.2, 0.25) is 0 Å². The molecule has 1 saturated heterocycles. The molecule has 7 heteroatoms. The van der Waals surface area contributed by atoms with Crippen molar-refractivity contribution in [1.29, 1.82) is 0 Å². The van der Waals surface area contributed by atoms with E-state index >= 15 is 0 Å². The van der Waals surface area contributed by atoms with Gasteiger partial charge in [0.1, 0.15) is 13.2 Å². The van der Waals surface area contributed by atoms with Crippen LogP contribution < -0.4 is 14.8 Å². The SMILES string of the molecule is Cc1cc2c(cc1NC(=O)N1CCCC[C@@H]1CCn1cccn1)OCCO2. The van der Waals surface area contributed by atoms with Gasteiger partial charge in [0.05, 0.1) is 0 Å². The van der Waals surface area contributed by atoms with Crippen LogP contribution in [-0.2, 0) is 6.54 Å². The number of amides is 2. The molecular weight excluding hydrogens is 344 g/mol. The largest absolute Gasteiger partial charge is 0.486 e. The second kappa shape index (κ2) is 7.90. The first-order valence-corrected chi connectivity index (χ1v) is 9.66. The number of hydrogen-bond acceptors (Lipinski definition) is 4. The van der Waals surface area contributed by atoms with Gasteiger partial charge in [-0.3, -0.25) is 4.68 Å². The summed E-state index contributed by atoms with van der Waals surface area (Å²) in [6.45, 7) is 4.68. The van der Waals surface area contributed by atoms with E-state index in [-0.39, 0.29) is 12.1 Å². The summed E-state index contributed by atoms with van der Waals surface area (Å²) in [6, 6.07) is 5.91. The number of likely N-dealkylation sites (tertiary alicyclic amines) is 1. The van der Waals surface area contributed by atoms with Crippen molar-refractivity contribution in [2.45, 2.75) is 45.2 Å². The predicted molar refractivity (Wildman–Crippen MR) is 102 cm³/mol. The maximum atomic E-state index is 13.0. The van der Waals surface area contributed by atoms with Crippen LogP contribution in [0.4, 0.5) is 10.5 Å². The molecule has 1 aromatic heterocycles.